The van der Waals surface area contributed by atoms with Crippen molar-refractivity contribution in [1.82, 2.24) is 23.9 Å². The highest BCUT2D eigenvalue weighted by Crippen LogP contribution is 2.39. The van der Waals surface area contributed by atoms with Crippen LogP contribution in [0.15, 0.2) is 56.6 Å². The Balaban J connectivity index is 1.81. The number of aromatic nitrogens is 5. The smallest absolute Gasteiger partial charge is 0.328 e. The highest BCUT2D eigenvalue weighted by atomic mass is 16.3. The van der Waals surface area contributed by atoms with Crippen LogP contribution in [0, 0.1) is 0 Å². The van der Waals surface area contributed by atoms with E-state index in [9.17, 15) is 9.59 Å². The molecule has 0 fully saturated rings. The van der Waals surface area contributed by atoms with Gasteiger partial charge in [-0.15, -0.1) is 0 Å². The molecule has 0 bridgehead atoms. The van der Waals surface area contributed by atoms with Crippen molar-refractivity contribution >= 4 is 44.1 Å². The summed E-state index contributed by atoms with van der Waals surface area (Å²) in [4.78, 5) is 29.0. The number of nitrogens with one attached hydrogen (secondary N) is 1. The van der Waals surface area contributed by atoms with Crippen LogP contribution in [0.5, 0.6) is 0 Å². The van der Waals surface area contributed by atoms with Crippen LogP contribution in [-0.2, 0) is 21.1 Å². The van der Waals surface area contributed by atoms with Gasteiger partial charge >= 0.3 is 5.69 Å². The zero-order chi connectivity index (χ0) is 20.7. The Labute approximate surface area is 168 Å². The summed E-state index contributed by atoms with van der Waals surface area (Å²) in [5.41, 5.74) is 5.87. The first kappa shape index (κ1) is 16.8. The molecule has 4 heterocycles. The van der Waals surface area contributed by atoms with Gasteiger partial charge in [-0.2, -0.15) is 0 Å². The van der Waals surface area contributed by atoms with Crippen LogP contribution < -0.4 is 11.1 Å². The fraction of sp³-hybridized carbons (Fsp3) is 0.136. The van der Waals surface area contributed by atoms with Gasteiger partial charge in [0.15, 0.2) is 16.7 Å². The van der Waals surface area contributed by atoms with Gasteiger partial charge in [0.25, 0.3) is 0 Å². The van der Waals surface area contributed by atoms with Gasteiger partial charge in [0, 0.05) is 49.7 Å². The van der Waals surface area contributed by atoms with Crippen LogP contribution in [0.1, 0.15) is 0 Å². The lowest BCUT2D eigenvalue weighted by molar-refractivity contribution is 0.669. The second-order valence-electron chi connectivity index (χ2n) is 7.60. The molecular weight excluding hydrogens is 382 g/mol. The van der Waals surface area contributed by atoms with Gasteiger partial charge in [0.2, 0.25) is 0 Å². The van der Waals surface area contributed by atoms with Crippen molar-refractivity contribution in [1.29, 1.82) is 0 Å². The van der Waals surface area contributed by atoms with Crippen LogP contribution >= 0.6 is 0 Å². The van der Waals surface area contributed by atoms with Crippen molar-refractivity contribution in [2.75, 3.05) is 0 Å². The molecule has 30 heavy (non-hydrogen) atoms. The molecule has 1 N–H and O–H groups in total. The highest BCUT2D eigenvalue weighted by Gasteiger charge is 2.20. The van der Waals surface area contributed by atoms with Crippen molar-refractivity contribution in [3.63, 3.8) is 0 Å². The highest BCUT2D eigenvalue weighted by molar-refractivity contribution is 6.14. The number of benzene rings is 2. The summed E-state index contributed by atoms with van der Waals surface area (Å²) in [6.45, 7) is 0. The standard InChI is InChI=1S/C22H17N5O3/c1-25-15-7-4-11(8-16(15)26(2)22(25)29)18-14-10-23-27(3)21(14)24-19-13-6-5-12(28)9-17(13)30-20(18)19/h4-10,23H,1-3H3. The molecule has 2 aromatic carbocycles. The quantitative estimate of drug-likeness (QED) is 0.460. The summed E-state index contributed by atoms with van der Waals surface area (Å²) in [7, 11) is 5.42. The van der Waals surface area contributed by atoms with Gasteiger partial charge in [0.05, 0.1) is 11.0 Å². The fourth-order valence-corrected chi connectivity index (χ4v) is 4.31. The van der Waals surface area contributed by atoms with E-state index in [1.165, 1.54) is 12.1 Å². The van der Waals surface area contributed by atoms with E-state index < -0.39 is 0 Å². The summed E-state index contributed by atoms with van der Waals surface area (Å²) in [6, 6.07) is 10.7. The van der Waals surface area contributed by atoms with Crippen LogP contribution in [0.25, 0.3) is 55.3 Å². The Kier molecular flexibility index (Phi) is 3.09. The van der Waals surface area contributed by atoms with E-state index in [0.29, 0.717) is 16.7 Å². The maximum Gasteiger partial charge on any atom is 0.328 e. The van der Waals surface area contributed by atoms with Gasteiger partial charge < -0.3 is 9.52 Å². The number of H-pyrrole nitrogens is 1. The first-order valence-corrected chi connectivity index (χ1v) is 9.50. The maximum atomic E-state index is 12.4. The summed E-state index contributed by atoms with van der Waals surface area (Å²) in [5, 5.41) is 4.86. The van der Waals surface area contributed by atoms with E-state index in [-0.39, 0.29) is 11.1 Å². The molecular formula is C22H17N5O3. The van der Waals surface area contributed by atoms with Gasteiger partial charge in [-0.3, -0.25) is 18.6 Å². The Bertz CT molecular complexity index is 1770. The molecule has 6 aromatic rings. The SMILES string of the molecule is Cn1[nH]cc2c(-c3ccc4c(c3)n(C)c(=O)n4C)c3oc4cc(=O)ccc4c3nc21. The van der Waals surface area contributed by atoms with E-state index in [1.54, 1.807) is 29.3 Å². The number of pyridine rings is 1. The predicted octanol–water partition coefficient (Wildman–Crippen LogP) is 3.02. The number of aryl methyl sites for hydroxylation is 3. The lowest BCUT2D eigenvalue weighted by Crippen LogP contribution is -2.19. The largest absolute Gasteiger partial charge is 0.454 e. The van der Waals surface area contributed by atoms with Crippen molar-refractivity contribution in [2.45, 2.75) is 0 Å². The third kappa shape index (κ3) is 2.02. The molecule has 0 amide bonds. The minimum absolute atomic E-state index is 0.0769. The molecule has 0 unspecified atom stereocenters. The lowest BCUT2D eigenvalue weighted by atomic mass is 10.0. The number of rotatable bonds is 1. The predicted molar refractivity (Wildman–Crippen MR) is 116 cm³/mol. The first-order chi connectivity index (χ1) is 14.4. The topological polar surface area (TPSA) is 90.8 Å². The average Bonchev–Trinajstić information content (AvgIpc) is 3.35. The van der Waals surface area contributed by atoms with Crippen LogP contribution in [0.2, 0.25) is 0 Å². The van der Waals surface area contributed by atoms with Gasteiger partial charge in [-0.25, -0.2) is 9.78 Å². The molecule has 0 saturated heterocycles. The Morgan fingerprint density at radius 3 is 2.57 bits per heavy atom. The number of hydrogen-bond donors (Lipinski definition) is 1. The molecule has 6 rings (SSSR count). The summed E-state index contributed by atoms with van der Waals surface area (Å²) >= 11 is 0. The zero-order valence-electron chi connectivity index (χ0n) is 16.6. The zero-order valence-corrected chi connectivity index (χ0v) is 16.6. The first-order valence-electron chi connectivity index (χ1n) is 9.50. The molecule has 0 aliphatic heterocycles. The second kappa shape index (κ2) is 5.50. The summed E-state index contributed by atoms with van der Waals surface area (Å²) in [6.07, 6.45) is 1.89. The minimum atomic E-state index is -0.110. The molecule has 8 heteroatoms. The monoisotopic (exact) mass is 399 g/mol. The molecule has 148 valence electrons. The third-order valence-electron chi connectivity index (χ3n) is 5.87. The molecule has 8 nitrogen and oxygen atoms in total. The average molecular weight is 399 g/mol. The molecule has 0 saturated carbocycles. The fourth-order valence-electron chi connectivity index (χ4n) is 4.31. The number of fused-ring (bicyclic) bond motifs is 5. The van der Waals surface area contributed by atoms with Gasteiger partial charge in [-0.1, -0.05) is 6.07 Å². The van der Waals surface area contributed by atoms with E-state index in [2.05, 4.69) is 5.10 Å². The normalized spacial score (nSPS) is 12.1. The van der Waals surface area contributed by atoms with E-state index in [4.69, 9.17) is 9.40 Å². The van der Waals surface area contributed by atoms with Crippen LogP contribution in [-0.4, -0.2) is 23.9 Å². The number of furan rings is 1. The Morgan fingerprint density at radius 2 is 1.73 bits per heavy atom. The maximum absolute atomic E-state index is 12.4. The molecule has 0 radical (unpaired) electrons. The Hall–Kier alpha value is -4.07. The van der Waals surface area contributed by atoms with Crippen LogP contribution in [0.4, 0.5) is 0 Å². The lowest BCUT2D eigenvalue weighted by Gasteiger charge is -2.06. The number of aromatic amines is 1. The second-order valence-corrected chi connectivity index (χ2v) is 7.60. The van der Waals surface area contributed by atoms with E-state index in [1.807, 2.05) is 36.1 Å². The molecule has 0 spiro atoms. The third-order valence-corrected chi connectivity index (χ3v) is 5.87. The van der Waals surface area contributed by atoms with Crippen LogP contribution in [0.3, 0.4) is 0 Å². The molecule has 0 aliphatic carbocycles. The number of nitrogens with zero attached hydrogens (tertiary/aromatic N) is 4. The van der Waals surface area contributed by atoms with Gasteiger partial charge in [0.1, 0.15) is 11.1 Å². The van der Waals surface area contributed by atoms with Crippen molar-refractivity contribution < 1.29 is 4.42 Å². The number of imidazole rings is 1. The van der Waals surface area contributed by atoms with Crippen molar-refractivity contribution in [3.8, 4) is 11.1 Å². The minimum Gasteiger partial charge on any atom is -0.454 e. The van der Waals surface area contributed by atoms with E-state index >= 15 is 0 Å². The summed E-state index contributed by atoms with van der Waals surface area (Å²) in [5.74, 6) is 0. The molecule has 0 atom stereocenters. The van der Waals surface area contributed by atoms with Crippen molar-refractivity contribution in [2.24, 2.45) is 21.1 Å². The molecule has 0 aliphatic rings. The molecule has 4 aromatic heterocycles. The van der Waals surface area contributed by atoms with Gasteiger partial charge in [-0.05, 0) is 29.8 Å². The van der Waals surface area contributed by atoms with E-state index in [0.717, 1.165) is 38.6 Å². The Morgan fingerprint density at radius 1 is 0.933 bits per heavy atom. The summed E-state index contributed by atoms with van der Waals surface area (Å²) < 4.78 is 11.3. The number of hydrogen-bond acceptors (Lipinski definition) is 4. The van der Waals surface area contributed by atoms with Crippen molar-refractivity contribution in [3.05, 3.63) is 63.3 Å².